The first-order valence-corrected chi connectivity index (χ1v) is 10.2. The maximum absolute atomic E-state index is 6.31. The normalized spacial score (nSPS) is 22.1. The number of hydrogen-bond acceptors (Lipinski definition) is 4. The fourth-order valence-corrected chi connectivity index (χ4v) is 4.12. The first kappa shape index (κ1) is 18.4. The van der Waals surface area contributed by atoms with Crippen LogP contribution in [0.5, 0.6) is 0 Å². The van der Waals surface area contributed by atoms with Crippen molar-refractivity contribution in [2.45, 2.75) is 37.9 Å². The van der Waals surface area contributed by atoms with E-state index < -0.39 is 0 Å². The molecule has 0 radical (unpaired) electrons. The summed E-state index contributed by atoms with van der Waals surface area (Å²) in [5, 5.41) is 2.09. The van der Waals surface area contributed by atoms with E-state index in [1.807, 2.05) is 36.4 Å². The lowest BCUT2D eigenvalue weighted by molar-refractivity contribution is -0.0711. The largest absolute Gasteiger partial charge is 0.374 e. The van der Waals surface area contributed by atoms with Crippen LogP contribution in [-0.2, 0) is 27.4 Å². The maximum Gasteiger partial charge on any atom is 0.108 e. The molecule has 4 rings (SSSR count). The van der Waals surface area contributed by atoms with E-state index in [4.69, 9.17) is 14.2 Å². The number of ether oxygens (including phenoxy) is 3. The highest BCUT2D eigenvalue weighted by Crippen LogP contribution is 2.37. The maximum atomic E-state index is 6.31. The van der Waals surface area contributed by atoms with Crippen molar-refractivity contribution in [3.05, 3.63) is 94.2 Å². The Bertz CT molecular complexity index is 789. The molecule has 1 fully saturated rings. The van der Waals surface area contributed by atoms with Crippen molar-refractivity contribution in [2.75, 3.05) is 6.61 Å². The van der Waals surface area contributed by atoms with Gasteiger partial charge in [0.25, 0.3) is 0 Å². The average Bonchev–Trinajstić information content (AvgIpc) is 3.38. The number of thiophene rings is 1. The van der Waals surface area contributed by atoms with Crippen LogP contribution in [0.15, 0.2) is 78.2 Å². The number of rotatable bonds is 8. The summed E-state index contributed by atoms with van der Waals surface area (Å²) in [6, 6.07) is 24.7. The third-order valence-corrected chi connectivity index (χ3v) is 5.73. The van der Waals surface area contributed by atoms with Crippen molar-refractivity contribution in [3.63, 3.8) is 0 Å². The first-order chi connectivity index (χ1) is 13.4. The SMILES string of the molecule is c1ccc(COC[C@H]2O[C@@H](c3cccs3)C[C@@H]2OCc2ccccc2)cc1. The van der Waals surface area contributed by atoms with E-state index in [0.29, 0.717) is 19.8 Å². The van der Waals surface area contributed by atoms with E-state index in [1.54, 1.807) is 11.3 Å². The highest BCUT2D eigenvalue weighted by atomic mass is 32.1. The molecule has 140 valence electrons. The van der Waals surface area contributed by atoms with Gasteiger partial charge in [0, 0.05) is 11.3 Å². The molecule has 0 unspecified atom stereocenters. The van der Waals surface area contributed by atoms with Gasteiger partial charge in [-0.3, -0.25) is 0 Å². The summed E-state index contributed by atoms with van der Waals surface area (Å²) in [5.74, 6) is 0. The Hall–Kier alpha value is -1.98. The van der Waals surface area contributed by atoms with Gasteiger partial charge in [0.05, 0.1) is 32.0 Å². The van der Waals surface area contributed by atoms with Crippen molar-refractivity contribution in [2.24, 2.45) is 0 Å². The van der Waals surface area contributed by atoms with Crippen LogP contribution in [0.25, 0.3) is 0 Å². The van der Waals surface area contributed by atoms with E-state index in [9.17, 15) is 0 Å². The van der Waals surface area contributed by atoms with Gasteiger partial charge in [-0.15, -0.1) is 11.3 Å². The third-order valence-electron chi connectivity index (χ3n) is 4.76. The molecule has 3 atom stereocenters. The molecule has 0 bridgehead atoms. The second-order valence-corrected chi connectivity index (χ2v) is 7.73. The van der Waals surface area contributed by atoms with E-state index in [0.717, 1.165) is 6.42 Å². The van der Waals surface area contributed by atoms with Gasteiger partial charge in [-0.25, -0.2) is 0 Å². The van der Waals surface area contributed by atoms with Crippen molar-refractivity contribution in [1.29, 1.82) is 0 Å². The number of benzene rings is 2. The molecule has 3 aromatic rings. The van der Waals surface area contributed by atoms with Crippen LogP contribution < -0.4 is 0 Å². The summed E-state index contributed by atoms with van der Waals surface area (Å²) in [5.41, 5.74) is 2.35. The Morgan fingerprint density at radius 1 is 0.852 bits per heavy atom. The molecular formula is C23H24O3S. The zero-order chi connectivity index (χ0) is 18.3. The molecule has 0 N–H and O–H groups in total. The molecule has 1 aromatic heterocycles. The van der Waals surface area contributed by atoms with Crippen LogP contribution in [0.4, 0.5) is 0 Å². The molecule has 1 aliphatic rings. The van der Waals surface area contributed by atoms with E-state index in [1.165, 1.54) is 16.0 Å². The van der Waals surface area contributed by atoms with Gasteiger partial charge in [-0.05, 0) is 22.6 Å². The van der Waals surface area contributed by atoms with Gasteiger partial charge in [-0.1, -0.05) is 66.7 Å². The zero-order valence-electron chi connectivity index (χ0n) is 15.2. The standard InChI is InChI=1S/C23H24O3S/c1-3-8-18(9-4-1)15-24-17-22-20(25-16-19-10-5-2-6-11-19)14-21(26-22)23-12-7-13-27-23/h1-13,20-22H,14-17H2/t20-,21+,22+/m0/s1. The lowest BCUT2D eigenvalue weighted by Crippen LogP contribution is -2.29. The Labute approximate surface area is 164 Å². The van der Waals surface area contributed by atoms with Gasteiger partial charge < -0.3 is 14.2 Å². The molecule has 3 nitrogen and oxygen atoms in total. The van der Waals surface area contributed by atoms with Crippen LogP contribution in [0.3, 0.4) is 0 Å². The molecule has 0 aliphatic carbocycles. The highest BCUT2D eigenvalue weighted by Gasteiger charge is 2.37. The fourth-order valence-electron chi connectivity index (χ4n) is 3.34. The van der Waals surface area contributed by atoms with Crippen molar-refractivity contribution < 1.29 is 14.2 Å². The zero-order valence-corrected chi connectivity index (χ0v) is 16.0. The van der Waals surface area contributed by atoms with Gasteiger partial charge in [0.1, 0.15) is 6.10 Å². The van der Waals surface area contributed by atoms with Gasteiger partial charge in [0.15, 0.2) is 0 Å². The smallest absolute Gasteiger partial charge is 0.108 e. The number of hydrogen-bond donors (Lipinski definition) is 0. The van der Waals surface area contributed by atoms with Crippen LogP contribution in [0.1, 0.15) is 28.5 Å². The molecule has 4 heteroatoms. The van der Waals surface area contributed by atoms with Crippen molar-refractivity contribution >= 4 is 11.3 Å². The summed E-state index contributed by atoms with van der Waals surface area (Å²) < 4.78 is 18.5. The van der Waals surface area contributed by atoms with Crippen molar-refractivity contribution in [3.8, 4) is 0 Å². The lowest BCUT2D eigenvalue weighted by Gasteiger charge is -2.19. The molecular weight excluding hydrogens is 356 g/mol. The van der Waals surface area contributed by atoms with E-state index in [2.05, 4.69) is 41.8 Å². The summed E-state index contributed by atoms with van der Waals surface area (Å²) in [4.78, 5) is 1.26. The summed E-state index contributed by atoms with van der Waals surface area (Å²) >= 11 is 1.74. The van der Waals surface area contributed by atoms with Gasteiger partial charge in [-0.2, -0.15) is 0 Å². The quantitative estimate of drug-likeness (QED) is 0.525. The predicted octanol–water partition coefficient (Wildman–Crippen LogP) is 5.38. The molecule has 1 aliphatic heterocycles. The van der Waals surface area contributed by atoms with Gasteiger partial charge in [0.2, 0.25) is 0 Å². The summed E-state index contributed by atoms with van der Waals surface area (Å²) in [6.45, 7) is 1.73. The molecule has 0 spiro atoms. The van der Waals surface area contributed by atoms with Crippen LogP contribution >= 0.6 is 11.3 Å². The molecule has 2 aromatic carbocycles. The van der Waals surface area contributed by atoms with Crippen molar-refractivity contribution in [1.82, 2.24) is 0 Å². The Morgan fingerprint density at radius 3 is 2.22 bits per heavy atom. The van der Waals surface area contributed by atoms with Crippen LogP contribution in [0, 0.1) is 0 Å². The summed E-state index contributed by atoms with van der Waals surface area (Å²) in [6.07, 6.45) is 0.945. The second-order valence-electron chi connectivity index (χ2n) is 6.75. The van der Waals surface area contributed by atoms with E-state index in [-0.39, 0.29) is 18.3 Å². The Balaban J connectivity index is 1.36. The molecule has 0 saturated carbocycles. The Morgan fingerprint density at radius 2 is 1.56 bits per heavy atom. The molecule has 27 heavy (non-hydrogen) atoms. The van der Waals surface area contributed by atoms with E-state index >= 15 is 0 Å². The minimum Gasteiger partial charge on any atom is -0.374 e. The van der Waals surface area contributed by atoms with Crippen LogP contribution in [-0.4, -0.2) is 18.8 Å². The second kappa shape index (κ2) is 9.29. The van der Waals surface area contributed by atoms with Crippen LogP contribution in [0.2, 0.25) is 0 Å². The van der Waals surface area contributed by atoms with Gasteiger partial charge >= 0.3 is 0 Å². The molecule has 1 saturated heterocycles. The first-order valence-electron chi connectivity index (χ1n) is 9.34. The summed E-state index contributed by atoms with van der Waals surface area (Å²) in [7, 11) is 0. The highest BCUT2D eigenvalue weighted by molar-refractivity contribution is 7.10. The molecule has 2 heterocycles. The molecule has 0 amide bonds. The Kier molecular flexibility index (Phi) is 6.32. The predicted molar refractivity (Wildman–Crippen MR) is 108 cm³/mol. The minimum atomic E-state index is -0.0514. The fraction of sp³-hybridized carbons (Fsp3) is 0.304. The monoisotopic (exact) mass is 380 g/mol. The average molecular weight is 381 g/mol. The third kappa shape index (κ3) is 5.05. The topological polar surface area (TPSA) is 27.7 Å². The lowest BCUT2D eigenvalue weighted by atomic mass is 10.1. The minimum absolute atomic E-state index is 0.0353.